The Morgan fingerprint density at radius 2 is 2.04 bits per heavy atom. The summed E-state index contributed by atoms with van der Waals surface area (Å²) in [6, 6.07) is 17.7. The summed E-state index contributed by atoms with van der Waals surface area (Å²) in [4.78, 5) is 16.4. The number of phenols is 1. The number of nitrogens with zero attached hydrogens (tertiary/aromatic N) is 1. The molecule has 28 heavy (non-hydrogen) atoms. The van der Waals surface area contributed by atoms with Crippen molar-refractivity contribution in [2.45, 2.75) is 6.61 Å². The molecule has 1 heterocycles. The van der Waals surface area contributed by atoms with E-state index in [0.29, 0.717) is 29.4 Å². The van der Waals surface area contributed by atoms with E-state index in [1.165, 1.54) is 19.3 Å². The third kappa shape index (κ3) is 5.35. The largest absolute Gasteiger partial charge is 0.504 e. The van der Waals surface area contributed by atoms with E-state index in [0.717, 1.165) is 5.69 Å². The molecule has 0 aliphatic rings. The highest BCUT2D eigenvalue weighted by Crippen LogP contribution is 2.26. The number of phenolic OH excluding ortho intramolecular Hbond substituents is 1. The lowest BCUT2D eigenvalue weighted by molar-refractivity contribution is -0.111. The second kappa shape index (κ2) is 9.23. The first-order valence-electron chi connectivity index (χ1n) is 8.63. The van der Waals surface area contributed by atoms with E-state index in [1.807, 2.05) is 24.3 Å². The van der Waals surface area contributed by atoms with Gasteiger partial charge in [-0.25, -0.2) is 0 Å². The molecule has 0 bridgehead atoms. The molecule has 6 nitrogen and oxygen atoms in total. The first kappa shape index (κ1) is 19.0. The van der Waals surface area contributed by atoms with Gasteiger partial charge >= 0.3 is 0 Å². The van der Waals surface area contributed by atoms with E-state index in [9.17, 15) is 9.90 Å². The average Bonchev–Trinajstić information content (AvgIpc) is 2.72. The fourth-order valence-corrected chi connectivity index (χ4v) is 2.47. The van der Waals surface area contributed by atoms with E-state index in [1.54, 1.807) is 42.6 Å². The number of rotatable bonds is 7. The van der Waals surface area contributed by atoms with Gasteiger partial charge in [-0.05, 0) is 48.0 Å². The van der Waals surface area contributed by atoms with Crippen LogP contribution in [0.25, 0.3) is 6.08 Å². The molecule has 0 spiro atoms. The molecule has 1 amide bonds. The molecule has 6 heteroatoms. The number of amides is 1. The van der Waals surface area contributed by atoms with Crippen LogP contribution in [0.15, 0.2) is 72.9 Å². The van der Waals surface area contributed by atoms with Gasteiger partial charge < -0.3 is 19.9 Å². The van der Waals surface area contributed by atoms with E-state index in [2.05, 4.69) is 10.3 Å². The monoisotopic (exact) mass is 376 g/mol. The van der Waals surface area contributed by atoms with Crippen molar-refractivity contribution >= 4 is 17.7 Å². The topological polar surface area (TPSA) is 80.7 Å². The zero-order valence-corrected chi connectivity index (χ0v) is 15.3. The molecular weight excluding hydrogens is 356 g/mol. The van der Waals surface area contributed by atoms with Crippen molar-refractivity contribution in [3.8, 4) is 17.2 Å². The molecule has 0 saturated carbocycles. The van der Waals surface area contributed by atoms with Gasteiger partial charge in [0.05, 0.1) is 12.8 Å². The van der Waals surface area contributed by atoms with E-state index in [-0.39, 0.29) is 11.7 Å². The minimum absolute atomic E-state index is 0.0165. The maximum atomic E-state index is 12.1. The molecule has 0 radical (unpaired) electrons. The van der Waals surface area contributed by atoms with Gasteiger partial charge in [-0.2, -0.15) is 0 Å². The summed E-state index contributed by atoms with van der Waals surface area (Å²) in [6.07, 6.45) is 4.71. The number of aromatic hydroxyl groups is 1. The van der Waals surface area contributed by atoms with Crippen LogP contribution in [-0.4, -0.2) is 23.1 Å². The Morgan fingerprint density at radius 3 is 2.79 bits per heavy atom. The van der Waals surface area contributed by atoms with Gasteiger partial charge in [0.1, 0.15) is 12.4 Å². The number of carbonyl (C=O) groups excluding carboxylic acids is 1. The number of ether oxygens (including phenoxy) is 2. The molecular formula is C22H20N2O4. The Balaban J connectivity index is 1.58. The zero-order valence-electron chi connectivity index (χ0n) is 15.3. The van der Waals surface area contributed by atoms with E-state index >= 15 is 0 Å². The Kier molecular flexibility index (Phi) is 6.25. The Bertz CT molecular complexity index is 971. The van der Waals surface area contributed by atoms with Crippen LogP contribution in [0.1, 0.15) is 11.3 Å². The van der Waals surface area contributed by atoms with Crippen molar-refractivity contribution in [3.63, 3.8) is 0 Å². The van der Waals surface area contributed by atoms with Gasteiger partial charge in [0, 0.05) is 24.0 Å². The van der Waals surface area contributed by atoms with Crippen LogP contribution in [0, 0.1) is 0 Å². The molecule has 0 unspecified atom stereocenters. The van der Waals surface area contributed by atoms with Crippen molar-refractivity contribution in [1.82, 2.24) is 4.98 Å². The van der Waals surface area contributed by atoms with Gasteiger partial charge in [-0.3, -0.25) is 9.78 Å². The molecule has 0 atom stereocenters. The molecule has 0 aliphatic heterocycles. The van der Waals surface area contributed by atoms with Crippen LogP contribution in [0.2, 0.25) is 0 Å². The lowest BCUT2D eigenvalue weighted by Crippen LogP contribution is -2.07. The van der Waals surface area contributed by atoms with Crippen LogP contribution in [-0.2, 0) is 11.4 Å². The summed E-state index contributed by atoms with van der Waals surface area (Å²) >= 11 is 0. The maximum absolute atomic E-state index is 12.1. The summed E-state index contributed by atoms with van der Waals surface area (Å²) < 4.78 is 10.7. The predicted molar refractivity (Wildman–Crippen MR) is 107 cm³/mol. The summed E-state index contributed by atoms with van der Waals surface area (Å²) in [7, 11) is 1.48. The third-order valence-corrected chi connectivity index (χ3v) is 3.84. The zero-order chi connectivity index (χ0) is 19.8. The summed E-state index contributed by atoms with van der Waals surface area (Å²) in [6.45, 7) is 0.346. The number of benzene rings is 2. The van der Waals surface area contributed by atoms with Crippen molar-refractivity contribution in [2.24, 2.45) is 0 Å². The number of nitrogens with one attached hydrogen (secondary N) is 1. The van der Waals surface area contributed by atoms with Gasteiger partial charge in [0.2, 0.25) is 5.91 Å². The van der Waals surface area contributed by atoms with Crippen LogP contribution >= 0.6 is 0 Å². The molecule has 3 rings (SSSR count). The Hall–Kier alpha value is -3.80. The second-order valence-corrected chi connectivity index (χ2v) is 5.89. The quantitative estimate of drug-likeness (QED) is 0.609. The minimum atomic E-state index is -0.294. The molecule has 0 aliphatic carbocycles. The number of carbonyl (C=O) groups is 1. The molecule has 2 N–H and O–H groups in total. The summed E-state index contributed by atoms with van der Waals surface area (Å²) in [5, 5.41) is 12.6. The molecule has 142 valence electrons. The highest BCUT2D eigenvalue weighted by molar-refractivity contribution is 6.02. The highest BCUT2D eigenvalue weighted by Gasteiger charge is 2.03. The summed E-state index contributed by atoms with van der Waals surface area (Å²) in [5.74, 6) is 0.733. The van der Waals surface area contributed by atoms with Crippen molar-refractivity contribution in [2.75, 3.05) is 12.4 Å². The van der Waals surface area contributed by atoms with Crippen LogP contribution in [0.3, 0.4) is 0 Å². The van der Waals surface area contributed by atoms with Crippen LogP contribution < -0.4 is 14.8 Å². The van der Waals surface area contributed by atoms with Gasteiger partial charge in [-0.15, -0.1) is 0 Å². The second-order valence-electron chi connectivity index (χ2n) is 5.89. The number of aromatic nitrogens is 1. The number of hydrogen-bond acceptors (Lipinski definition) is 5. The Labute approximate surface area is 163 Å². The van der Waals surface area contributed by atoms with Crippen molar-refractivity contribution < 1.29 is 19.4 Å². The summed E-state index contributed by atoms with van der Waals surface area (Å²) in [5.41, 5.74) is 2.12. The van der Waals surface area contributed by atoms with E-state index in [4.69, 9.17) is 9.47 Å². The van der Waals surface area contributed by atoms with Crippen LogP contribution in [0.5, 0.6) is 17.2 Å². The third-order valence-electron chi connectivity index (χ3n) is 3.84. The fraction of sp³-hybridized carbons (Fsp3) is 0.0909. The predicted octanol–water partition coefficient (Wildman–Crippen LogP) is 4.03. The lowest BCUT2D eigenvalue weighted by Gasteiger charge is -2.08. The number of hydrogen-bond donors (Lipinski definition) is 2. The van der Waals surface area contributed by atoms with Crippen molar-refractivity contribution in [3.05, 3.63) is 84.2 Å². The number of anilines is 1. The van der Waals surface area contributed by atoms with Crippen molar-refractivity contribution in [1.29, 1.82) is 0 Å². The van der Waals surface area contributed by atoms with Crippen LogP contribution in [0.4, 0.5) is 5.69 Å². The molecule has 3 aromatic rings. The standard InChI is InChI=1S/C22H20N2O4/c1-27-21-10-8-16(13-20(21)25)9-11-22(26)24-17-6-4-7-19(14-17)28-15-18-5-2-3-12-23-18/h2-14,25H,15H2,1H3,(H,24,26)/b11-9+. The number of methoxy groups -OCH3 is 1. The first-order chi connectivity index (χ1) is 13.6. The lowest BCUT2D eigenvalue weighted by atomic mass is 10.2. The minimum Gasteiger partial charge on any atom is -0.504 e. The molecule has 1 aromatic heterocycles. The smallest absolute Gasteiger partial charge is 0.248 e. The van der Waals surface area contributed by atoms with E-state index < -0.39 is 0 Å². The molecule has 0 saturated heterocycles. The number of pyridine rings is 1. The highest BCUT2D eigenvalue weighted by atomic mass is 16.5. The van der Waals surface area contributed by atoms with Gasteiger partial charge in [0.15, 0.2) is 11.5 Å². The molecule has 0 fully saturated rings. The SMILES string of the molecule is COc1ccc(/C=C/C(=O)Nc2cccc(OCc3ccccn3)c2)cc1O. The maximum Gasteiger partial charge on any atom is 0.248 e. The molecule has 2 aromatic carbocycles. The Morgan fingerprint density at radius 1 is 1.14 bits per heavy atom. The van der Waals surface area contributed by atoms with Gasteiger partial charge in [0.25, 0.3) is 0 Å². The normalized spacial score (nSPS) is 10.6. The fourth-order valence-electron chi connectivity index (χ4n) is 2.47. The average molecular weight is 376 g/mol. The first-order valence-corrected chi connectivity index (χ1v) is 8.63. The van der Waals surface area contributed by atoms with Gasteiger partial charge in [-0.1, -0.05) is 18.2 Å².